The molecular weight excluding hydrogens is 242 g/mol. The monoisotopic (exact) mass is 265 g/mol. The third-order valence-corrected chi connectivity index (χ3v) is 3.81. The lowest BCUT2D eigenvalue weighted by atomic mass is 10.1. The fourth-order valence-electron chi connectivity index (χ4n) is 1.75. The van der Waals surface area contributed by atoms with Crippen LogP contribution >= 0.6 is 11.8 Å². The van der Waals surface area contributed by atoms with Crippen LogP contribution in [0.4, 0.5) is 0 Å². The van der Waals surface area contributed by atoms with E-state index in [9.17, 15) is 4.79 Å². The predicted octanol–water partition coefficient (Wildman–Crippen LogP) is 4.12. The van der Waals surface area contributed by atoms with Gasteiger partial charge in [0.25, 0.3) is 0 Å². The van der Waals surface area contributed by atoms with E-state index in [2.05, 4.69) is 6.92 Å². The van der Waals surface area contributed by atoms with E-state index in [-0.39, 0.29) is 5.12 Å². The van der Waals surface area contributed by atoms with E-state index in [0.717, 1.165) is 16.9 Å². The summed E-state index contributed by atoms with van der Waals surface area (Å²) in [5.41, 5.74) is 6.64. The van der Waals surface area contributed by atoms with Crippen molar-refractivity contribution in [2.45, 2.75) is 56.9 Å². The van der Waals surface area contributed by atoms with Crippen LogP contribution < -0.4 is 5.73 Å². The number of carbonyl (C=O) groups excluding carboxylic acids is 1. The van der Waals surface area contributed by atoms with Gasteiger partial charge in [0, 0.05) is 17.9 Å². The zero-order chi connectivity index (χ0) is 13.2. The number of hydrogen-bond acceptors (Lipinski definition) is 3. The lowest BCUT2D eigenvalue weighted by Gasteiger charge is -2.02. The molecule has 0 bridgehead atoms. The minimum absolute atomic E-state index is 0.270. The molecule has 0 saturated heterocycles. The van der Waals surface area contributed by atoms with Gasteiger partial charge in [-0.1, -0.05) is 56.5 Å². The first-order valence-electron chi connectivity index (χ1n) is 6.76. The van der Waals surface area contributed by atoms with E-state index in [4.69, 9.17) is 5.73 Å². The number of carbonyl (C=O) groups is 1. The molecule has 2 N–H and O–H groups in total. The van der Waals surface area contributed by atoms with Crippen LogP contribution in [0.3, 0.4) is 0 Å². The molecule has 0 amide bonds. The maximum atomic E-state index is 11.7. The van der Waals surface area contributed by atoms with Gasteiger partial charge in [-0.2, -0.15) is 0 Å². The van der Waals surface area contributed by atoms with Gasteiger partial charge in [-0.15, -0.1) is 0 Å². The van der Waals surface area contributed by atoms with Gasteiger partial charge in [0.05, 0.1) is 0 Å². The van der Waals surface area contributed by atoms with Crippen LogP contribution in [0.1, 0.15) is 51.0 Å². The second-order valence-electron chi connectivity index (χ2n) is 4.49. The Morgan fingerprint density at radius 1 is 1.11 bits per heavy atom. The molecule has 0 atom stereocenters. The second kappa shape index (κ2) is 9.17. The molecule has 0 saturated carbocycles. The van der Waals surface area contributed by atoms with Crippen molar-refractivity contribution >= 4 is 16.9 Å². The Balaban J connectivity index is 2.22. The van der Waals surface area contributed by atoms with E-state index >= 15 is 0 Å². The van der Waals surface area contributed by atoms with Crippen molar-refractivity contribution in [1.29, 1.82) is 0 Å². The van der Waals surface area contributed by atoms with Gasteiger partial charge in [0.1, 0.15) is 0 Å². The first kappa shape index (κ1) is 15.3. The molecule has 0 aliphatic heterocycles. The Bertz CT molecular complexity index is 348. The van der Waals surface area contributed by atoms with Gasteiger partial charge in [-0.05, 0) is 24.1 Å². The summed E-state index contributed by atoms with van der Waals surface area (Å²) >= 11 is 1.35. The summed E-state index contributed by atoms with van der Waals surface area (Å²) in [5, 5.41) is 0.270. The van der Waals surface area contributed by atoms with Crippen LogP contribution in [0.2, 0.25) is 0 Å². The zero-order valence-corrected chi connectivity index (χ0v) is 12.0. The van der Waals surface area contributed by atoms with E-state index in [1.54, 1.807) is 0 Å². The first-order valence-corrected chi connectivity index (χ1v) is 7.57. The molecule has 0 fully saturated rings. The molecule has 1 aromatic rings. The Morgan fingerprint density at radius 3 is 2.39 bits per heavy atom. The van der Waals surface area contributed by atoms with Gasteiger partial charge in [-0.25, -0.2) is 0 Å². The fraction of sp³-hybridized carbons (Fsp3) is 0.533. The second-order valence-corrected chi connectivity index (χ2v) is 5.62. The van der Waals surface area contributed by atoms with Crippen LogP contribution in [0.15, 0.2) is 29.2 Å². The number of unbranched alkanes of at least 4 members (excludes halogenated alkanes) is 4. The van der Waals surface area contributed by atoms with Crippen molar-refractivity contribution in [2.75, 3.05) is 0 Å². The first-order chi connectivity index (χ1) is 8.76. The smallest absolute Gasteiger partial charge is 0.193 e. The average Bonchev–Trinajstić information content (AvgIpc) is 2.39. The topological polar surface area (TPSA) is 43.1 Å². The van der Waals surface area contributed by atoms with Gasteiger partial charge in [0.2, 0.25) is 0 Å². The Kier molecular flexibility index (Phi) is 7.78. The molecular formula is C15H23NOS. The van der Waals surface area contributed by atoms with Gasteiger partial charge < -0.3 is 5.73 Å². The molecule has 18 heavy (non-hydrogen) atoms. The summed E-state index contributed by atoms with van der Waals surface area (Å²) < 4.78 is 0. The predicted molar refractivity (Wildman–Crippen MR) is 78.6 cm³/mol. The van der Waals surface area contributed by atoms with Crippen LogP contribution in [0.25, 0.3) is 0 Å². The lowest BCUT2D eigenvalue weighted by molar-refractivity contribution is -0.111. The van der Waals surface area contributed by atoms with Crippen molar-refractivity contribution < 1.29 is 4.79 Å². The number of thioether (sulfide) groups is 1. The van der Waals surface area contributed by atoms with Gasteiger partial charge in [-0.3, -0.25) is 4.79 Å². The molecule has 0 aromatic heterocycles. The Labute approximate surface area is 114 Å². The molecule has 0 aliphatic rings. The maximum Gasteiger partial charge on any atom is 0.193 e. The van der Waals surface area contributed by atoms with Crippen LogP contribution in [-0.4, -0.2) is 5.12 Å². The van der Waals surface area contributed by atoms with Crippen LogP contribution in [-0.2, 0) is 11.3 Å². The summed E-state index contributed by atoms with van der Waals surface area (Å²) in [6.07, 6.45) is 6.66. The maximum absolute atomic E-state index is 11.7. The summed E-state index contributed by atoms with van der Waals surface area (Å²) in [4.78, 5) is 12.8. The zero-order valence-electron chi connectivity index (χ0n) is 11.2. The third kappa shape index (κ3) is 6.22. The molecule has 2 nitrogen and oxygen atoms in total. The van der Waals surface area contributed by atoms with Crippen LogP contribution in [0, 0.1) is 0 Å². The quantitative estimate of drug-likeness (QED) is 0.568. The van der Waals surface area contributed by atoms with Gasteiger partial charge >= 0.3 is 0 Å². The summed E-state index contributed by atoms with van der Waals surface area (Å²) in [6.45, 7) is 2.75. The van der Waals surface area contributed by atoms with Crippen LogP contribution in [0.5, 0.6) is 0 Å². The minimum atomic E-state index is 0.270. The number of rotatable bonds is 8. The average molecular weight is 265 g/mol. The van der Waals surface area contributed by atoms with E-state index in [1.165, 1.54) is 37.4 Å². The third-order valence-electron chi connectivity index (χ3n) is 2.88. The van der Waals surface area contributed by atoms with E-state index in [0.29, 0.717) is 13.0 Å². The highest BCUT2D eigenvalue weighted by atomic mass is 32.2. The molecule has 1 rings (SSSR count). The van der Waals surface area contributed by atoms with Crippen molar-refractivity contribution in [3.05, 3.63) is 29.8 Å². The Hall–Kier alpha value is -0.800. The van der Waals surface area contributed by atoms with Crippen molar-refractivity contribution in [3.8, 4) is 0 Å². The molecule has 3 heteroatoms. The summed E-state index contributed by atoms with van der Waals surface area (Å²) in [5.74, 6) is 0. The van der Waals surface area contributed by atoms with E-state index in [1.807, 2.05) is 24.3 Å². The highest BCUT2D eigenvalue weighted by molar-refractivity contribution is 8.13. The minimum Gasteiger partial charge on any atom is -0.326 e. The highest BCUT2D eigenvalue weighted by Crippen LogP contribution is 2.22. The summed E-state index contributed by atoms with van der Waals surface area (Å²) in [6, 6.07) is 7.91. The summed E-state index contributed by atoms with van der Waals surface area (Å²) in [7, 11) is 0. The molecule has 1 aromatic carbocycles. The van der Waals surface area contributed by atoms with Gasteiger partial charge in [0.15, 0.2) is 5.12 Å². The molecule has 0 radical (unpaired) electrons. The molecule has 100 valence electrons. The fourth-order valence-corrected chi connectivity index (χ4v) is 2.53. The molecule has 0 unspecified atom stereocenters. The standard InChI is InChI=1S/C15H23NOS/c1-2-3-4-5-6-7-15(17)18-14-10-8-13(12-16)9-11-14/h8-11H,2-7,12,16H2,1H3. The largest absolute Gasteiger partial charge is 0.326 e. The highest BCUT2D eigenvalue weighted by Gasteiger charge is 2.04. The SMILES string of the molecule is CCCCCCCC(=O)Sc1ccc(CN)cc1. The molecule has 0 spiro atoms. The van der Waals surface area contributed by atoms with E-state index < -0.39 is 0 Å². The molecule has 0 heterocycles. The normalized spacial score (nSPS) is 10.6. The van der Waals surface area contributed by atoms with Crippen molar-refractivity contribution in [1.82, 2.24) is 0 Å². The van der Waals surface area contributed by atoms with Crippen molar-refractivity contribution in [3.63, 3.8) is 0 Å². The number of nitrogens with two attached hydrogens (primary N) is 1. The number of benzene rings is 1. The molecule has 0 aliphatic carbocycles. The number of hydrogen-bond donors (Lipinski definition) is 1. The Morgan fingerprint density at radius 2 is 1.78 bits per heavy atom. The van der Waals surface area contributed by atoms with Crippen molar-refractivity contribution in [2.24, 2.45) is 5.73 Å². The lowest BCUT2D eigenvalue weighted by Crippen LogP contribution is -1.96.